The van der Waals surface area contributed by atoms with E-state index in [2.05, 4.69) is 10.2 Å². The van der Waals surface area contributed by atoms with E-state index in [1.807, 2.05) is 24.3 Å². The van der Waals surface area contributed by atoms with Gasteiger partial charge in [-0.2, -0.15) is 0 Å². The molecule has 3 N–H and O–H groups in total. The fourth-order valence-corrected chi connectivity index (χ4v) is 3.20. The third-order valence-corrected chi connectivity index (χ3v) is 4.27. The summed E-state index contributed by atoms with van der Waals surface area (Å²) in [6.07, 6.45) is 2.10. The molecule has 1 aromatic rings. The Kier molecular flexibility index (Phi) is 3.78. The monoisotopic (exact) mass is 275 g/mol. The molecular weight excluding hydrogens is 254 g/mol. The van der Waals surface area contributed by atoms with Crippen molar-refractivity contribution in [3.05, 3.63) is 24.3 Å². The zero-order chi connectivity index (χ0) is 13.9. The minimum atomic E-state index is 0.172. The second-order valence-corrected chi connectivity index (χ2v) is 5.48. The number of anilines is 1. The van der Waals surface area contributed by atoms with E-state index in [0.717, 1.165) is 38.2 Å². The molecule has 2 saturated heterocycles. The van der Waals surface area contributed by atoms with Gasteiger partial charge in [0.15, 0.2) is 0 Å². The Balaban J connectivity index is 1.53. The minimum absolute atomic E-state index is 0.172. The van der Waals surface area contributed by atoms with Gasteiger partial charge in [0.25, 0.3) is 0 Å². The molecule has 0 spiro atoms. The Labute approximate surface area is 119 Å². The first-order valence-electron chi connectivity index (χ1n) is 7.25. The van der Waals surface area contributed by atoms with Crippen LogP contribution in [0.3, 0.4) is 0 Å². The summed E-state index contributed by atoms with van der Waals surface area (Å²) in [7, 11) is 0. The molecule has 2 aliphatic heterocycles. The van der Waals surface area contributed by atoms with E-state index >= 15 is 0 Å². The third-order valence-electron chi connectivity index (χ3n) is 4.27. The van der Waals surface area contributed by atoms with Crippen LogP contribution in [0.5, 0.6) is 5.75 Å². The zero-order valence-corrected chi connectivity index (χ0v) is 11.5. The van der Waals surface area contributed by atoms with Gasteiger partial charge in [-0.25, -0.2) is 0 Å². The van der Waals surface area contributed by atoms with Crippen molar-refractivity contribution in [1.82, 2.24) is 10.2 Å². The Morgan fingerprint density at radius 2 is 2.25 bits per heavy atom. The molecule has 1 aromatic carbocycles. The molecular formula is C15H21N3O2. The number of likely N-dealkylation sites (tertiary alicyclic amines) is 1. The van der Waals surface area contributed by atoms with Crippen molar-refractivity contribution in [1.29, 1.82) is 0 Å². The molecule has 0 saturated carbocycles. The first-order valence-corrected chi connectivity index (χ1v) is 7.25. The second kappa shape index (κ2) is 5.71. The summed E-state index contributed by atoms with van der Waals surface area (Å²) in [6.45, 7) is 3.26. The fourth-order valence-electron chi connectivity index (χ4n) is 3.20. The molecule has 0 radical (unpaired) electrons. The van der Waals surface area contributed by atoms with Crippen LogP contribution in [0, 0.1) is 5.92 Å². The minimum Gasteiger partial charge on any atom is -0.490 e. The number of piperidine rings is 1. The summed E-state index contributed by atoms with van der Waals surface area (Å²) >= 11 is 0. The van der Waals surface area contributed by atoms with Crippen molar-refractivity contribution in [2.45, 2.75) is 18.9 Å². The summed E-state index contributed by atoms with van der Waals surface area (Å²) in [5.41, 5.74) is 6.52. The molecule has 20 heavy (non-hydrogen) atoms. The summed E-state index contributed by atoms with van der Waals surface area (Å²) in [5, 5.41) is 2.97. The lowest BCUT2D eigenvalue weighted by Crippen LogP contribution is -2.47. The summed E-state index contributed by atoms with van der Waals surface area (Å²) in [6, 6.07) is 7.88. The highest BCUT2D eigenvalue weighted by atomic mass is 16.5. The Morgan fingerprint density at radius 1 is 1.40 bits per heavy atom. The molecule has 5 heteroatoms. The largest absolute Gasteiger partial charge is 0.490 e. The number of carbonyl (C=O) groups excluding carboxylic acids is 1. The second-order valence-electron chi connectivity index (χ2n) is 5.48. The first kappa shape index (κ1) is 13.2. The molecule has 0 aromatic heterocycles. The molecule has 2 atom stereocenters. The highest BCUT2D eigenvalue weighted by Crippen LogP contribution is 2.27. The average molecular weight is 275 g/mol. The number of amides is 1. The quantitative estimate of drug-likeness (QED) is 0.800. The topological polar surface area (TPSA) is 67.6 Å². The number of nitrogen functional groups attached to an aromatic ring is 1. The predicted molar refractivity (Wildman–Crippen MR) is 77.4 cm³/mol. The maximum absolute atomic E-state index is 11.7. The number of nitrogens with zero attached hydrogens (tertiary/aromatic N) is 1. The van der Waals surface area contributed by atoms with Gasteiger partial charge in [0.2, 0.25) is 5.91 Å². The number of rotatable bonds is 4. The van der Waals surface area contributed by atoms with Gasteiger partial charge in [-0.05, 0) is 31.5 Å². The lowest BCUT2D eigenvalue weighted by atomic mass is 9.91. The van der Waals surface area contributed by atoms with Gasteiger partial charge in [0.1, 0.15) is 12.4 Å². The molecule has 108 valence electrons. The predicted octanol–water partition coefficient (Wildman–Crippen LogP) is 0.858. The number of hydrogen-bond donors (Lipinski definition) is 2. The number of nitrogens with one attached hydrogen (secondary N) is 1. The molecule has 1 amide bonds. The van der Waals surface area contributed by atoms with Crippen LogP contribution in [-0.2, 0) is 4.79 Å². The Morgan fingerprint density at radius 3 is 3.10 bits per heavy atom. The summed E-state index contributed by atoms with van der Waals surface area (Å²) in [5.74, 6) is 1.13. The van der Waals surface area contributed by atoms with E-state index in [1.54, 1.807) is 0 Å². The van der Waals surface area contributed by atoms with E-state index in [4.69, 9.17) is 10.5 Å². The number of ether oxygens (including phenoxy) is 1. The fraction of sp³-hybridized carbons (Fsp3) is 0.533. The van der Waals surface area contributed by atoms with Crippen molar-refractivity contribution in [2.75, 3.05) is 32.0 Å². The van der Waals surface area contributed by atoms with E-state index in [9.17, 15) is 4.79 Å². The van der Waals surface area contributed by atoms with Crippen molar-refractivity contribution in [2.24, 2.45) is 5.92 Å². The number of benzene rings is 1. The van der Waals surface area contributed by atoms with Crippen LogP contribution in [0.4, 0.5) is 5.69 Å². The Bertz CT molecular complexity index is 492. The maximum atomic E-state index is 11.7. The number of nitrogens with two attached hydrogens (primary N) is 1. The van der Waals surface area contributed by atoms with E-state index < -0.39 is 0 Å². The van der Waals surface area contributed by atoms with Gasteiger partial charge in [0.05, 0.1) is 11.6 Å². The lowest BCUT2D eigenvalue weighted by Gasteiger charge is -2.35. The standard InChI is InChI=1S/C15H21N3O2/c16-12-5-1-2-6-14(12)20-9-8-18-7-3-4-11-13(18)10-17-15(11)19/h1-2,5-6,11,13H,3-4,7-10,16H2,(H,17,19). The number of fused-ring (bicyclic) bond motifs is 1. The molecule has 3 rings (SSSR count). The van der Waals surface area contributed by atoms with Crippen LogP contribution < -0.4 is 15.8 Å². The molecule has 5 nitrogen and oxygen atoms in total. The molecule has 0 aliphatic carbocycles. The molecule has 2 fully saturated rings. The maximum Gasteiger partial charge on any atom is 0.224 e. The van der Waals surface area contributed by atoms with E-state index in [1.165, 1.54) is 0 Å². The van der Waals surface area contributed by atoms with Gasteiger partial charge in [-0.3, -0.25) is 9.69 Å². The molecule has 0 bridgehead atoms. The van der Waals surface area contributed by atoms with Crippen LogP contribution in [0.25, 0.3) is 0 Å². The molecule has 2 aliphatic rings. The molecule has 2 unspecified atom stereocenters. The van der Waals surface area contributed by atoms with Crippen molar-refractivity contribution >= 4 is 11.6 Å². The lowest BCUT2D eigenvalue weighted by molar-refractivity contribution is -0.124. The smallest absolute Gasteiger partial charge is 0.224 e. The van der Waals surface area contributed by atoms with Crippen LogP contribution in [0.15, 0.2) is 24.3 Å². The zero-order valence-electron chi connectivity index (χ0n) is 11.5. The van der Waals surface area contributed by atoms with Gasteiger partial charge in [-0.15, -0.1) is 0 Å². The summed E-state index contributed by atoms with van der Waals surface area (Å²) < 4.78 is 5.74. The first-order chi connectivity index (χ1) is 9.75. The highest BCUT2D eigenvalue weighted by Gasteiger charge is 2.40. The number of para-hydroxylation sites is 2. The number of carbonyl (C=O) groups is 1. The normalized spacial score (nSPS) is 26.1. The average Bonchev–Trinajstić information content (AvgIpc) is 2.84. The Hall–Kier alpha value is -1.75. The molecule has 2 heterocycles. The van der Waals surface area contributed by atoms with Crippen LogP contribution in [0.2, 0.25) is 0 Å². The third kappa shape index (κ3) is 2.58. The van der Waals surface area contributed by atoms with Crippen LogP contribution in [-0.4, -0.2) is 43.1 Å². The van der Waals surface area contributed by atoms with E-state index in [-0.39, 0.29) is 11.8 Å². The van der Waals surface area contributed by atoms with Crippen molar-refractivity contribution in [3.8, 4) is 5.75 Å². The van der Waals surface area contributed by atoms with Crippen molar-refractivity contribution < 1.29 is 9.53 Å². The van der Waals surface area contributed by atoms with Gasteiger partial charge >= 0.3 is 0 Å². The van der Waals surface area contributed by atoms with E-state index in [0.29, 0.717) is 18.3 Å². The van der Waals surface area contributed by atoms with Gasteiger partial charge < -0.3 is 15.8 Å². The van der Waals surface area contributed by atoms with Crippen molar-refractivity contribution in [3.63, 3.8) is 0 Å². The van der Waals surface area contributed by atoms with Crippen LogP contribution in [0.1, 0.15) is 12.8 Å². The SMILES string of the molecule is Nc1ccccc1OCCN1CCCC2C(=O)NCC21. The van der Waals surface area contributed by atoms with Crippen LogP contribution >= 0.6 is 0 Å². The highest BCUT2D eigenvalue weighted by molar-refractivity contribution is 5.82. The van der Waals surface area contributed by atoms with Gasteiger partial charge in [-0.1, -0.05) is 12.1 Å². The number of hydrogen-bond acceptors (Lipinski definition) is 4. The summed E-state index contributed by atoms with van der Waals surface area (Å²) in [4.78, 5) is 14.1. The van der Waals surface area contributed by atoms with Gasteiger partial charge in [0, 0.05) is 19.1 Å².